The molecule has 0 bridgehead atoms. The van der Waals surface area contributed by atoms with Crippen molar-refractivity contribution in [3.05, 3.63) is 30.3 Å². The van der Waals surface area contributed by atoms with Crippen LogP contribution >= 0.6 is 0 Å². The Labute approximate surface area is 81.6 Å². The first kappa shape index (κ1) is 9.86. The van der Waals surface area contributed by atoms with Gasteiger partial charge in [0, 0.05) is 15.8 Å². The van der Waals surface area contributed by atoms with Gasteiger partial charge in [-0.15, -0.1) is 6.58 Å². The van der Waals surface area contributed by atoms with Gasteiger partial charge in [0.25, 0.3) is 0 Å². The first-order valence-electron chi connectivity index (χ1n) is 4.07. The topological polar surface area (TPSA) is 18.5 Å². The molecule has 0 saturated carbocycles. The lowest BCUT2D eigenvalue weighted by Crippen LogP contribution is -1.94. The Hall–Kier alpha value is -1.22. The van der Waals surface area contributed by atoms with Gasteiger partial charge in [-0.05, 0) is 6.07 Å². The highest BCUT2D eigenvalue weighted by molar-refractivity contribution is 6.42. The zero-order chi connectivity index (χ0) is 9.84. The maximum absolute atomic E-state index is 5.27. The lowest BCUT2D eigenvalue weighted by Gasteiger charge is -2.11. The standard InChI is InChI=1S/C10H14O2Si/c1-7(13)8-5-4-6-9(11-2)10(8)12-3/h4-6H,1H2,2-3,13H3. The Bertz CT molecular complexity index is 321. The molecule has 0 aliphatic carbocycles. The molecule has 0 spiro atoms. The summed E-state index contributed by atoms with van der Waals surface area (Å²) in [5.41, 5.74) is 1.05. The first-order valence-corrected chi connectivity index (χ1v) is 5.07. The van der Waals surface area contributed by atoms with E-state index in [9.17, 15) is 0 Å². The van der Waals surface area contributed by atoms with E-state index in [1.54, 1.807) is 14.2 Å². The fourth-order valence-corrected chi connectivity index (χ4v) is 1.62. The zero-order valence-electron chi connectivity index (χ0n) is 8.26. The zero-order valence-corrected chi connectivity index (χ0v) is 10.3. The average molecular weight is 194 g/mol. The monoisotopic (exact) mass is 194 g/mol. The summed E-state index contributed by atoms with van der Waals surface area (Å²) in [7, 11) is 4.21. The summed E-state index contributed by atoms with van der Waals surface area (Å²) in [6.07, 6.45) is 0. The normalized spacial score (nSPS) is 9.69. The van der Waals surface area contributed by atoms with Crippen LogP contribution in [0.5, 0.6) is 11.5 Å². The molecule has 13 heavy (non-hydrogen) atoms. The second-order valence-electron chi connectivity index (χ2n) is 2.82. The number of hydrogen-bond donors (Lipinski definition) is 0. The van der Waals surface area contributed by atoms with Gasteiger partial charge < -0.3 is 9.47 Å². The molecule has 0 amide bonds. The molecule has 0 aliphatic heterocycles. The second kappa shape index (κ2) is 4.14. The van der Waals surface area contributed by atoms with Crippen molar-refractivity contribution in [2.75, 3.05) is 14.2 Å². The van der Waals surface area contributed by atoms with E-state index in [0.29, 0.717) is 0 Å². The summed E-state index contributed by atoms with van der Waals surface area (Å²) >= 11 is 0. The smallest absolute Gasteiger partial charge is 0.167 e. The number of ether oxygens (including phenoxy) is 2. The van der Waals surface area contributed by atoms with Crippen LogP contribution in [-0.2, 0) is 0 Å². The molecule has 0 heterocycles. The molecule has 0 aromatic heterocycles. The molecule has 1 rings (SSSR count). The third-order valence-corrected chi connectivity index (χ3v) is 2.40. The highest BCUT2D eigenvalue weighted by atomic mass is 28.1. The Balaban J connectivity index is 3.27. The second-order valence-corrected chi connectivity index (χ2v) is 4.03. The van der Waals surface area contributed by atoms with Crippen LogP contribution in [0.2, 0.25) is 0 Å². The van der Waals surface area contributed by atoms with Crippen LogP contribution in [-0.4, -0.2) is 24.5 Å². The van der Waals surface area contributed by atoms with Gasteiger partial charge in [0.1, 0.15) is 0 Å². The van der Waals surface area contributed by atoms with Gasteiger partial charge in [-0.1, -0.05) is 17.3 Å². The van der Waals surface area contributed by atoms with Crippen molar-refractivity contribution in [3.8, 4) is 11.5 Å². The van der Waals surface area contributed by atoms with Crippen LogP contribution in [0.15, 0.2) is 24.8 Å². The average Bonchev–Trinajstić information content (AvgIpc) is 2.16. The summed E-state index contributed by atoms with van der Waals surface area (Å²) < 4.78 is 10.4. The van der Waals surface area contributed by atoms with E-state index in [4.69, 9.17) is 9.47 Å². The van der Waals surface area contributed by atoms with Crippen LogP contribution in [0.1, 0.15) is 5.56 Å². The van der Waals surface area contributed by atoms with Crippen molar-refractivity contribution < 1.29 is 9.47 Å². The van der Waals surface area contributed by atoms with Crippen LogP contribution < -0.4 is 9.47 Å². The van der Waals surface area contributed by atoms with Gasteiger partial charge in [0.2, 0.25) is 0 Å². The van der Waals surface area contributed by atoms with Gasteiger partial charge in [0.05, 0.1) is 14.2 Å². The van der Waals surface area contributed by atoms with Crippen LogP contribution in [0, 0.1) is 0 Å². The summed E-state index contributed by atoms with van der Waals surface area (Å²) in [5.74, 6) is 1.54. The number of hydrogen-bond acceptors (Lipinski definition) is 2. The summed E-state index contributed by atoms with van der Waals surface area (Å²) in [5, 5.41) is 1.11. The summed E-state index contributed by atoms with van der Waals surface area (Å²) in [4.78, 5) is 0. The molecule has 1 aromatic carbocycles. The Morgan fingerprint density at radius 2 is 2.00 bits per heavy atom. The summed E-state index contributed by atoms with van der Waals surface area (Å²) in [6.45, 7) is 3.94. The summed E-state index contributed by atoms with van der Waals surface area (Å²) in [6, 6.07) is 5.82. The van der Waals surface area contributed by atoms with E-state index in [1.165, 1.54) is 0 Å². The molecule has 0 N–H and O–H groups in total. The Morgan fingerprint density at radius 3 is 2.46 bits per heavy atom. The van der Waals surface area contributed by atoms with E-state index in [2.05, 4.69) is 6.58 Å². The van der Waals surface area contributed by atoms with Crippen LogP contribution in [0.3, 0.4) is 0 Å². The Morgan fingerprint density at radius 1 is 1.31 bits per heavy atom. The third-order valence-electron chi connectivity index (χ3n) is 1.86. The van der Waals surface area contributed by atoms with Crippen molar-refractivity contribution in [1.29, 1.82) is 0 Å². The SMILES string of the molecule is C=C([SiH3])c1cccc(OC)c1OC. The van der Waals surface area contributed by atoms with Crippen LogP contribution in [0.25, 0.3) is 5.20 Å². The number of para-hydroxylation sites is 1. The van der Waals surface area contributed by atoms with E-state index in [-0.39, 0.29) is 0 Å². The van der Waals surface area contributed by atoms with Crippen molar-refractivity contribution in [1.82, 2.24) is 0 Å². The predicted molar refractivity (Wildman–Crippen MR) is 58.5 cm³/mol. The van der Waals surface area contributed by atoms with Gasteiger partial charge >= 0.3 is 0 Å². The molecule has 0 radical (unpaired) electrons. The number of benzene rings is 1. The molecular weight excluding hydrogens is 180 g/mol. The molecular formula is C10H14O2Si. The van der Waals surface area contributed by atoms with Gasteiger partial charge in [-0.3, -0.25) is 0 Å². The van der Waals surface area contributed by atoms with Crippen molar-refractivity contribution in [2.24, 2.45) is 0 Å². The van der Waals surface area contributed by atoms with Crippen molar-refractivity contribution in [3.63, 3.8) is 0 Å². The maximum Gasteiger partial charge on any atom is 0.167 e. The molecule has 70 valence electrons. The molecule has 0 unspecified atom stereocenters. The van der Waals surface area contributed by atoms with E-state index in [0.717, 1.165) is 32.5 Å². The largest absolute Gasteiger partial charge is 0.493 e. The fourth-order valence-electron chi connectivity index (χ4n) is 1.22. The fraction of sp³-hybridized carbons (Fsp3) is 0.200. The van der Waals surface area contributed by atoms with Crippen molar-refractivity contribution in [2.45, 2.75) is 0 Å². The molecule has 0 atom stereocenters. The lowest BCUT2D eigenvalue weighted by molar-refractivity contribution is 0.354. The minimum Gasteiger partial charge on any atom is -0.493 e. The van der Waals surface area contributed by atoms with E-state index >= 15 is 0 Å². The first-order chi connectivity index (χ1) is 6.20. The molecule has 3 heteroatoms. The van der Waals surface area contributed by atoms with Crippen LogP contribution in [0.4, 0.5) is 0 Å². The third kappa shape index (κ3) is 1.92. The highest BCUT2D eigenvalue weighted by Crippen LogP contribution is 2.33. The lowest BCUT2D eigenvalue weighted by atomic mass is 10.2. The highest BCUT2D eigenvalue weighted by Gasteiger charge is 2.08. The minimum atomic E-state index is 0.761. The minimum absolute atomic E-state index is 0.761. The molecule has 2 nitrogen and oxygen atoms in total. The quantitative estimate of drug-likeness (QED) is 0.669. The number of methoxy groups -OCH3 is 2. The van der Waals surface area contributed by atoms with Gasteiger partial charge in [0.15, 0.2) is 11.5 Å². The van der Waals surface area contributed by atoms with Gasteiger partial charge in [-0.2, -0.15) is 0 Å². The molecule has 0 saturated heterocycles. The number of rotatable bonds is 3. The van der Waals surface area contributed by atoms with Gasteiger partial charge in [-0.25, -0.2) is 0 Å². The maximum atomic E-state index is 5.27. The molecule has 1 aromatic rings. The van der Waals surface area contributed by atoms with Crippen molar-refractivity contribution >= 4 is 15.4 Å². The molecule has 0 fully saturated rings. The Kier molecular flexibility index (Phi) is 3.14. The predicted octanol–water partition coefficient (Wildman–Crippen LogP) is 1.04. The van der Waals surface area contributed by atoms with E-state index < -0.39 is 0 Å². The molecule has 0 aliphatic rings. The van der Waals surface area contributed by atoms with E-state index in [1.807, 2.05) is 18.2 Å².